The molecule has 0 aromatic carbocycles. The highest BCUT2D eigenvalue weighted by molar-refractivity contribution is 7.89. The zero-order chi connectivity index (χ0) is 15.4. The average molecular weight is 312 g/mol. The third-order valence-corrected chi connectivity index (χ3v) is 3.61. The quantitative estimate of drug-likeness (QED) is 0.657. The summed E-state index contributed by atoms with van der Waals surface area (Å²) in [6, 6.07) is 2.84. The van der Waals surface area contributed by atoms with Crippen molar-refractivity contribution in [2.45, 2.75) is 37.4 Å². The molecule has 0 bridgehead atoms. The predicted molar refractivity (Wildman–Crippen MR) is 67.9 cm³/mol. The van der Waals surface area contributed by atoms with E-state index in [9.17, 15) is 17.2 Å². The summed E-state index contributed by atoms with van der Waals surface area (Å²) in [5.74, 6) is -3.13. The third kappa shape index (κ3) is 5.16. The van der Waals surface area contributed by atoms with Gasteiger partial charge in [-0.2, -0.15) is 0 Å². The van der Waals surface area contributed by atoms with E-state index in [4.69, 9.17) is 9.52 Å². The van der Waals surface area contributed by atoms with E-state index in [2.05, 4.69) is 5.32 Å². The highest BCUT2D eigenvalue weighted by Crippen LogP contribution is 2.16. The molecule has 0 spiro atoms. The maximum absolute atomic E-state index is 12.8. The maximum atomic E-state index is 12.8. The summed E-state index contributed by atoms with van der Waals surface area (Å²) in [6.07, 6.45) is 0. The number of aliphatic hydroxyl groups excluding tert-OH is 1. The number of sulfonamides is 1. The molecule has 9 heteroatoms. The molecule has 0 aliphatic carbocycles. The minimum absolute atomic E-state index is 0.196. The second-order valence-corrected chi connectivity index (χ2v) is 6.29. The van der Waals surface area contributed by atoms with Gasteiger partial charge in [0.2, 0.25) is 5.09 Å². The van der Waals surface area contributed by atoms with Crippen LogP contribution in [0, 0.1) is 0 Å². The van der Waals surface area contributed by atoms with E-state index in [0.717, 1.165) is 0 Å². The zero-order valence-corrected chi connectivity index (χ0v) is 12.0. The Morgan fingerprint density at radius 2 is 2.05 bits per heavy atom. The molecule has 20 heavy (non-hydrogen) atoms. The molecule has 0 aliphatic heterocycles. The van der Waals surface area contributed by atoms with Crippen molar-refractivity contribution in [3.8, 4) is 0 Å². The lowest BCUT2D eigenvalue weighted by Gasteiger charge is -2.13. The summed E-state index contributed by atoms with van der Waals surface area (Å²) >= 11 is 0. The fourth-order valence-electron chi connectivity index (χ4n) is 1.23. The van der Waals surface area contributed by atoms with Crippen molar-refractivity contribution in [3.63, 3.8) is 0 Å². The van der Waals surface area contributed by atoms with Gasteiger partial charge in [-0.1, -0.05) is 13.8 Å². The number of halogens is 2. The van der Waals surface area contributed by atoms with Crippen molar-refractivity contribution in [1.82, 2.24) is 10.0 Å². The van der Waals surface area contributed by atoms with Crippen LogP contribution in [-0.2, 0) is 16.6 Å². The molecule has 0 saturated heterocycles. The molecule has 1 aromatic heterocycles. The summed E-state index contributed by atoms with van der Waals surface area (Å²) in [6.45, 7) is 1.54. The van der Waals surface area contributed by atoms with Gasteiger partial charge in [0.15, 0.2) is 0 Å². The van der Waals surface area contributed by atoms with Crippen LogP contribution in [0.5, 0.6) is 0 Å². The molecule has 1 rings (SSSR count). The highest BCUT2D eigenvalue weighted by Gasteiger charge is 2.31. The monoisotopic (exact) mass is 312 g/mol. The molecule has 0 aliphatic rings. The number of hydrogen-bond acceptors (Lipinski definition) is 5. The van der Waals surface area contributed by atoms with Crippen LogP contribution in [-0.4, -0.2) is 38.6 Å². The molecule has 0 fully saturated rings. The van der Waals surface area contributed by atoms with Gasteiger partial charge in [-0.25, -0.2) is 21.9 Å². The second kappa shape index (κ2) is 6.61. The van der Waals surface area contributed by atoms with Gasteiger partial charge in [-0.15, -0.1) is 0 Å². The van der Waals surface area contributed by atoms with Gasteiger partial charge in [-0.3, -0.25) is 0 Å². The van der Waals surface area contributed by atoms with E-state index < -0.39 is 34.2 Å². The van der Waals surface area contributed by atoms with E-state index >= 15 is 0 Å². The standard InChI is InChI=1S/C11H18F2N2O4S/c1-8(2)14-5-9-3-4-10(19-9)20(17,18)15-6-11(12,13)7-16/h3-4,8,14-16H,5-7H2,1-2H3. The number of furan rings is 1. The van der Waals surface area contributed by atoms with Gasteiger partial charge in [0.1, 0.15) is 12.4 Å². The van der Waals surface area contributed by atoms with Crippen LogP contribution >= 0.6 is 0 Å². The second-order valence-electron chi connectivity index (χ2n) is 4.59. The largest absolute Gasteiger partial charge is 0.447 e. The van der Waals surface area contributed by atoms with Crippen LogP contribution in [0.15, 0.2) is 21.6 Å². The maximum Gasteiger partial charge on any atom is 0.283 e. The molecule has 6 nitrogen and oxygen atoms in total. The van der Waals surface area contributed by atoms with E-state index in [0.29, 0.717) is 12.3 Å². The van der Waals surface area contributed by atoms with Crippen LogP contribution in [0.25, 0.3) is 0 Å². The average Bonchev–Trinajstić information content (AvgIpc) is 2.84. The number of alkyl halides is 2. The van der Waals surface area contributed by atoms with E-state index in [1.807, 2.05) is 13.8 Å². The van der Waals surface area contributed by atoms with Crippen LogP contribution < -0.4 is 10.0 Å². The Bertz CT molecular complexity index is 528. The van der Waals surface area contributed by atoms with Gasteiger partial charge >= 0.3 is 0 Å². The van der Waals surface area contributed by atoms with E-state index in [1.54, 1.807) is 4.72 Å². The van der Waals surface area contributed by atoms with Crippen molar-refractivity contribution in [3.05, 3.63) is 17.9 Å². The summed E-state index contributed by atoms with van der Waals surface area (Å²) in [5, 5.41) is 11.0. The van der Waals surface area contributed by atoms with Gasteiger partial charge in [0, 0.05) is 6.04 Å². The van der Waals surface area contributed by atoms with Crippen LogP contribution in [0.4, 0.5) is 8.78 Å². The Kier molecular flexibility index (Phi) is 5.63. The molecule has 1 aromatic rings. The number of rotatable bonds is 8. The normalized spacial score (nSPS) is 13.1. The van der Waals surface area contributed by atoms with Crippen molar-refractivity contribution in [2.24, 2.45) is 0 Å². The first kappa shape index (κ1) is 17.0. The lowest BCUT2D eigenvalue weighted by molar-refractivity contribution is -0.0437. The van der Waals surface area contributed by atoms with Gasteiger partial charge in [0.25, 0.3) is 15.9 Å². The number of aliphatic hydroxyl groups is 1. The Balaban J connectivity index is 2.69. The first-order chi connectivity index (χ1) is 9.16. The third-order valence-electron chi connectivity index (χ3n) is 2.34. The minimum atomic E-state index is -4.16. The fourth-order valence-corrected chi connectivity index (χ4v) is 2.24. The molecule has 3 N–H and O–H groups in total. The molecule has 0 saturated carbocycles. The number of hydrogen-bond donors (Lipinski definition) is 3. The van der Waals surface area contributed by atoms with Crippen molar-refractivity contribution >= 4 is 10.0 Å². The van der Waals surface area contributed by atoms with E-state index in [1.165, 1.54) is 12.1 Å². The Morgan fingerprint density at radius 1 is 1.40 bits per heavy atom. The Morgan fingerprint density at radius 3 is 2.60 bits per heavy atom. The molecule has 1 heterocycles. The SMILES string of the molecule is CC(C)NCc1ccc(S(=O)(=O)NCC(F)(F)CO)o1. The van der Waals surface area contributed by atoms with Crippen LogP contribution in [0.3, 0.4) is 0 Å². The van der Waals surface area contributed by atoms with Gasteiger partial charge in [-0.05, 0) is 12.1 Å². The summed E-state index contributed by atoms with van der Waals surface area (Å²) in [7, 11) is -4.16. The summed E-state index contributed by atoms with van der Waals surface area (Å²) in [5.41, 5.74) is 0. The molecule has 0 radical (unpaired) electrons. The molecule has 0 atom stereocenters. The lowest BCUT2D eigenvalue weighted by Crippen LogP contribution is -2.38. The predicted octanol–water partition coefficient (Wildman–Crippen LogP) is 0.684. The zero-order valence-electron chi connectivity index (χ0n) is 11.2. The molecular formula is C11H18F2N2O4S. The minimum Gasteiger partial charge on any atom is -0.447 e. The molecule has 0 unspecified atom stereocenters. The summed E-state index contributed by atoms with van der Waals surface area (Å²) in [4.78, 5) is 0. The Labute approximate surface area is 116 Å². The van der Waals surface area contributed by atoms with Crippen molar-refractivity contribution in [2.75, 3.05) is 13.2 Å². The first-order valence-corrected chi connectivity index (χ1v) is 7.45. The lowest BCUT2D eigenvalue weighted by atomic mass is 10.3. The Hall–Kier alpha value is -1.03. The molecule has 0 amide bonds. The number of nitrogens with one attached hydrogen (secondary N) is 2. The van der Waals surface area contributed by atoms with Gasteiger partial charge < -0.3 is 14.8 Å². The smallest absolute Gasteiger partial charge is 0.283 e. The van der Waals surface area contributed by atoms with E-state index in [-0.39, 0.29) is 6.04 Å². The van der Waals surface area contributed by atoms with Crippen LogP contribution in [0.2, 0.25) is 0 Å². The fraction of sp³-hybridized carbons (Fsp3) is 0.636. The first-order valence-electron chi connectivity index (χ1n) is 5.97. The summed E-state index contributed by atoms with van der Waals surface area (Å²) < 4.78 is 55.8. The highest BCUT2D eigenvalue weighted by atomic mass is 32.2. The van der Waals surface area contributed by atoms with Crippen LogP contribution in [0.1, 0.15) is 19.6 Å². The molecular weight excluding hydrogens is 294 g/mol. The topological polar surface area (TPSA) is 91.6 Å². The van der Waals surface area contributed by atoms with Crippen molar-refractivity contribution < 1.29 is 26.7 Å². The molecule has 116 valence electrons. The van der Waals surface area contributed by atoms with Crippen molar-refractivity contribution in [1.29, 1.82) is 0 Å². The van der Waals surface area contributed by atoms with Gasteiger partial charge in [0.05, 0.1) is 13.1 Å².